The first-order valence-corrected chi connectivity index (χ1v) is 5.10. The molecule has 13 heavy (non-hydrogen) atoms. The maximum Gasteiger partial charge on any atom is 0.239 e. The van der Waals surface area contributed by atoms with Crippen LogP contribution >= 0.6 is 15.9 Å². The van der Waals surface area contributed by atoms with Crippen LogP contribution in [-0.4, -0.2) is 48.9 Å². The molecule has 1 amide bonds. The molecule has 3 nitrogen and oxygen atoms in total. The molecular weight excluding hydrogens is 232 g/mol. The molecule has 1 aliphatic heterocycles. The SMILES string of the molecule is C=C(Br)CN(C)[C@@H]1CCN(C)C1=O. The third kappa shape index (κ3) is 2.54. The van der Waals surface area contributed by atoms with Crippen LogP contribution in [0, 0.1) is 0 Å². The van der Waals surface area contributed by atoms with E-state index < -0.39 is 0 Å². The second-order valence-corrected chi connectivity index (χ2v) is 4.62. The molecule has 0 aromatic carbocycles. The summed E-state index contributed by atoms with van der Waals surface area (Å²) < 4.78 is 0.914. The molecule has 1 aliphatic rings. The molecule has 0 aromatic heterocycles. The van der Waals surface area contributed by atoms with Crippen LogP contribution in [0.5, 0.6) is 0 Å². The average molecular weight is 247 g/mol. The van der Waals surface area contributed by atoms with Gasteiger partial charge in [0.15, 0.2) is 0 Å². The molecule has 0 unspecified atom stereocenters. The summed E-state index contributed by atoms with van der Waals surface area (Å²) >= 11 is 3.30. The van der Waals surface area contributed by atoms with E-state index in [0.29, 0.717) is 0 Å². The summed E-state index contributed by atoms with van der Waals surface area (Å²) in [4.78, 5) is 15.4. The zero-order valence-electron chi connectivity index (χ0n) is 8.09. The van der Waals surface area contributed by atoms with Crippen molar-refractivity contribution in [3.05, 3.63) is 11.1 Å². The first-order valence-electron chi connectivity index (χ1n) is 4.31. The number of hydrogen-bond donors (Lipinski definition) is 0. The number of halogens is 1. The molecule has 0 radical (unpaired) electrons. The molecule has 74 valence electrons. The molecule has 0 spiro atoms. The van der Waals surface area contributed by atoms with Gasteiger partial charge in [-0.25, -0.2) is 0 Å². The Morgan fingerprint density at radius 2 is 2.46 bits per heavy atom. The molecule has 1 atom stereocenters. The van der Waals surface area contributed by atoms with Crippen LogP contribution in [0.3, 0.4) is 0 Å². The third-order valence-electron chi connectivity index (χ3n) is 2.35. The van der Waals surface area contributed by atoms with Crippen LogP contribution in [0.4, 0.5) is 0 Å². The maximum absolute atomic E-state index is 11.6. The fourth-order valence-electron chi connectivity index (χ4n) is 1.59. The zero-order valence-corrected chi connectivity index (χ0v) is 9.67. The molecule has 0 bridgehead atoms. The van der Waals surface area contributed by atoms with Crippen LogP contribution in [0.1, 0.15) is 6.42 Å². The average Bonchev–Trinajstić information content (AvgIpc) is 2.31. The van der Waals surface area contributed by atoms with Crippen molar-refractivity contribution in [2.45, 2.75) is 12.5 Å². The zero-order chi connectivity index (χ0) is 10.0. The van der Waals surface area contributed by atoms with Crippen LogP contribution in [0.15, 0.2) is 11.1 Å². The highest BCUT2D eigenvalue weighted by atomic mass is 79.9. The Labute approximate surface area is 87.5 Å². The van der Waals surface area contributed by atoms with Gasteiger partial charge in [0.2, 0.25) is 5.91 Å². The number of carbonyl (C=O) groups is 1. The fourth-order valence-corrected chi connectivity index (χ4v) is 1.99. The highest BCUT2D eigenvalue weighted by molar-refractivity contribution is 9.11. The quantitative estimate of drug-likeness (QED) is 0.744. The van der Waals surface area contributed by atoms with E-state index in [0.717, 1.165) is 24.0 Å². The van der Waals surface area contributed by atoms with E-state index in [1.165, 1.54) is 0 Å². The highest BCUT2D eigenvalue weighted by Gasteiger charge is 2.31. The molecule has 4 heteroatoms. The van der Waals surface area contributed by atoms with Crippen molar-refractivity contribution >= 4 is 21.8 Å². The number of amides is 1. The molecular formula is C9H15BrN2O. The second-order valence-electron chi connectivity index (χ2n) is 3.50. The first kappa shape index (κ1) is 10.7. The minimum absolute atomic E-state index is 0.0410. The summed E-state index contributed by atoms with van der Waals surface area (Å²) in [6.07, 6.45) is 0.923. The van der Waals surface area contributed by atoms with E-state index in [1.54, 1.807) is 4.90 Å². The van der Waals surface area contributed by atoms with Crippen molar-refractivity contribution in [1.82, 2.24) is 9.80 Å². The lowest BCUT2D eigenvalue weighted by Gasteiger charge is -2.22. The Balaban J connectivity index is 2.53. The summed E-state index contributed by atoms with van der Waals surface area (Å²) in [5.41, 5.74) is 0. The maximum atomic E-state index is 11.6. The molecule has 0 saturated carbocycles. The van der Waals surface area contributed by atoms with Gasteiger partial charge in [0.25, 0.3) is 0 Å². The van der Waals surface area contributed by atoms with E-state index in [-0.39, 0.29) is 11.9 Å². The molecule has 0 aromatic rings. The number of likely N-dealkylation sites (N-methyl/N-ethyl adjacent to an activating group) is 2. The predicted octanol–water partition coefficient (Wildman–Crippen LogP) is 1.06. The number of carbonyl (C=O) groups excluding carboxylic acids is 1. The largest absolute Gasteiger partial charge is 0.344 e. The van der Waals surface area contributed by atoms with E-state index in [1.807, 2.05) is 19.0 Å². The topological polar surface area (TPSA) is 23.6 Å². The Kier molecular flexibility index (Phi) is 3.50. The van der Waals surface area contributed by atoms with Gasteiger partial charge >= 0.3 is 0 Å². The summed E-state index contributed by atoms with van der Waals surface area (Å²) in [5.74, 6) is 0.219. The lowest BCUT2D eigenvalue weighted by atomic mass is 10.2. The molecule has 1 heterocycles. The van der Waals surface area contributed by atoms with Crippen molar-refractivity contribution in [3.8, 4) is 0 Å². The normalized spacial score (nSPS) is 22.9. The Morgan fingerprint density at radius 3 is 2.85 bits per heavy atom. The third-order valence-corrected chi connectivity index (χ3v) is 2.60. The van der Waals surface area contributed by atoms with Gasteiger partial charge < -0.3 is 4.90 Å². The Hall–Kier alpha value is -0.350. The highest BCUT2D eigenvalue weighted by Crippen LogP contribution is 2.16. The number of likely N-dealkylation sites (tertiary alicyclic amines) is 1. The number of rotatable bonds is 3. The van der Waals surface area contributed by atoms with Gasteiger partial charge in [-0.1, -0.05) is 22.5 Å². The minimum atomic E-state index is 0.0410. The molecule has 0 aliphatic carbocycles. The summed E-state index contributed by atoms with van der Waals surface area (Å²) in [7, 11) is 3.80. The van der Waals surface area contributed by atoms with Crippen LogP contribution < -0.4 is 0 Å². The minimum Gasteiger partial charge on any atom is -0.344 e. The molecule has 1 fully saturated rings. The molecule has 0 N–H and O–H groups in total. The van der Waals surface area contributed by atoms with Gasteiger partial charge in [-0.2, -0.15) is 0 Å². The molecule has 1 saturated heterocycles. The van der Waals surface area contributed by atoms with Gasteiger partial charge in [-0.15, -0.1) is 0 Å². The summed E-state index contributed by atoms with van der Waals surface area (Å²) in [6, 6.07) is 0.0410. The Bertz CT molecular complexity index is 230. The van der Waals surface area contributed by atoms with E-state index >= 15 is 0 Å². The van der Waals surface area contributed by atoms with E-state index in [4.69, 9.17) is 0 Å². The van der Waals surface area contributed by atoms with E-state index in [9.17, 15) is 4.79 Å². The van der Waals surface area contributed by atoms with Crippen molar-refractivity contribution in [1.29, 1.82) is 0 Å². The Morgan fingerprint density at radius 1 is 1.85 bits per heavy atom. The van der Waals surface area contributed by atoms with Gasteiger partial charge in [0.1, 0.15) is 0 Å². The molecule has 1 rings (SSSR count). The van der Waals surface area contributed by atoms with Gasteiger partial charge in [0, 0.05) is 24.6 Å². The second kappa shape index (κ2) is 4.24. The van der Waals surface area contributed by atoms with Gasteiger partial charge in [-0.05, 0) is 13.5 Å². The van der Waals surface area contributed by atoms with E-state index in [2.05, 4.69) is 22.5 Å². The summed E-state index contributed by atoms with van der Waals surface area (Å²) in [6.45, 7) is 5.35. The lowest BCUT2D eigenvalue weighted by Crippen LogP contribution is -2.38. The summed E-state index contributed by atoms with van der Waals surface area (Å²) in [5, 5.41) is 0. The van der Waals surface area contributed by atoms with Gasteiger partial charge in [-0.3, -0.25) is 9.69 Å². The van der Waals surface area contributed by atoms with Crippen molar-refractivity contribution < 1.29 is 4.79 Å². The van der Waals surface area contributed by atoms with Crippen LogP contribution in [0.2, 0.25) is 0 Å². The number of hydrogen-bond acceptors (Lipinski definition) is 2. The lowest BCUT2D eigenvalue weighted by molar-refractivity contribution is -0.130. The predicted molar refractivity (Wildman–Crippen MR) is 56.7 cm³/mol. The fraction of sp³-hybridized carbons (Fsp3) is 0.667. The van der Waals surface area contributed by atoms with Crippen molar-refractivity contribution in [2.75, 3.05) is 27.2 Å². The first-order chi connectivity index (χ1) is 6.02. The van der Waals surface area contributed by atoms with Crippen LogP contribution in [0.25, 0.3) is 0 Å². The van der Waals surface area contributed by atoms with Crippen LogP contribution in [-0.2, 0) is 4.79 Å². The van der Waals surface area contributed by atoms with Crippen molar-refractivity contribution in [2.24, 2.45) is 0 Å². The van der Waals surface area contributed by atoms with Gasteiger partial charge in [0.05, 0.1) is 6.04 Å². The number of nitrogens with zero attached hydrogens (tertiary/aromatic N) is 2. The van der Waals surface area contributed by atoms with Crippen molar-refractivity contribution in [3.63, 3.8) is 0 Å². The standard InChI is InChI=1S/C9H15BrN2O/c1-7(10)6-12(3)8-4-5-11(2)9(8)13/h8H,1,4-6H2,2-3H3/t8-/m1/s1. The monoisotopic (exact) mass is 246 g/mol. The smallest absolute Gasteiger partial charge is 0.239 e.